The van der Waals surface area contributed by atoms with Gasteiger partial charge in [0, 0.05) is 12.4 Å². The van der Waals surface area contributed by atoms with E-state index < -0.39 is 11.6 Å². The summed E-state index contributed by atoms with van der Waals surface area (Å²) < 4.78 is 29.5. The second-order valence-corrected chi connectivity index (χ2v) is 4.45. The smallest absolute Gasteiger partial charge is 0.175 e. The van der Waals surface area contributed by atoms with Crippen molar-refractivity contribution in [2.75, 3.05) is 5.73 Å². The summed E-state index contributed by atoms with van der Waals surface area (Å²) in [5, 5.41) is 0. The molecule has 0 radical (unpaired) electrons. The Bertz CT molecular complexity index is 354. The quantitative estimate of drug-likeness (QED) is 0.325. The maximum atomic E-state index is 13.1. The second kappa shape index (κ2) is 4.26. The summed E-state index contributed by atoms with van der Waals surface area (Å²) >= 11 is 7.63. The molecular formula is C6H2F2I2N2S. The molecule has 70 valence electrons. The first-order valence-electron chi connectivity index (χ1n) is 2.95. The Kier molecular flexibility index (Phi) is 3.74. The Morgan fingerprint density at radius 2 is 1.62 bits per heavy atom. The topological polar surface area (TPSA) is 38.4 Å². The minimum absolute atomic E-state index is 0.0131. The van der Waals surface area contributed by atoms with E-state index in [1.54, 1.807) is 45.2 Å². The van der Waals surface area contributed by atoms with E-state index in [0.29, 0.717) is 0 Å². The molecule has 0 aliphatic rings. The fourth-order valence-electron chi connectivity index (χ4n) is 0.726. The van der Waals surface area contributed by atoms with Crippen LogP contribution in [0.4, 0.5) is 20.2 Å². The van der Waals surface area contributed by atoms with Crippen LogP contribution in [0.5, 0.6) is 0 Å². The van der Waals surface area contributed by atoms with Crippen LogP contribution < -0.4 is 5.73 Å². The average Bonchev–Trinajstić information content (AvgIpc) is 2.13. The van der Waals surface area contributed by atoms with Crippen molar-refractivity contribution in [2.24, 2.45) is 4.36 Å². The molecule has 1 aromatic rings. The van der Waals surface area contributed by atoms with Crippen LogP contribution in [-0.4, -0.2) is 0 Å². The highest BCUT2D eigenvalue weighted by atomic mass is 127. The van der Waals surface area contributed by atoms with Crippen molar-refractivity contribution in [1.82, 2.24) is 0 Å². The van der Waals surface area contributed by atoms with Crippen molar-refractivity contribution < 1.29 is 8.78 Å². The van der Waals surface area contributed by atoms with Crippen LogP contribution in [0.2, 0.25) is 0 Å². The molecule has 1 aromatic carbocycles. The standard InChI is InChI=1S/C6H2F2I2N2S/c7-1-2(8)4(10)6(12-13)5(11)3(1)9/h11H2. The van der Waals surface area contributed by atoms with Crippen LogP contribution in [0.15, 0.2) is 4.36 Å². The van der Waals surface area contributed by atoms with Gasteiger partial charge in [-0.1, -0.05) is 0 Å². The number of anilines is 1. The average molecular weight is 426 g/mol. The molecule has 1 rings (SSSR count). The fraction of sp³-hybridized carbons (Fsp3) is 0. The molecule has 0 bridgehead atoms. The van der Waals surface area contributed by atoms with Gasteiger partial charge in [0.15, 0.2) is 11.6 Å². The molecule has 0 heterocycles. The lowest BCUT2D eigenvalue weighted by atomic mass is 10.2. The van der Waals surface area contributed by atoms with Gasteiger partial charge in [0.1, 0.15) is 5.69 Å². The molecule has 0 spiro atoms. The zero-order valence-corrected chi connectivity index (χ0v) is 11.1. The largest absolute Gasteiger partial charge is 0.396 e. The zero-order valence-electron chi connectivity index (χ0n) is 5.94. The molecule has 13 heavy (non-hydrogen) atoms. The summed E-state index contributed by atoms with van der Waals surface area (Å²) in [7, 11) is 0. The van der Waals surface area contributed by atoms with Gasteiger partial charge in [-0.15, -0.1) is 0 Å². The summed E-state index contributed by atoms with van der Waals surface area (Å²) in [6.45, 7) is 0. The van der Waals surface area contributed by atoms with Crippen LogP contribution in [-0.2, 0) is 12.4 Å². The number of nitrogen functional groups attached to an aromatic ring is 1. The maximum absolute atomic E-state index is 13.1. The Morgan fingerprint density at radius 1 is 1.15 bits per heavy atom. The number of hydrogen-bond acceptors (Lipinski definition) is 3. The Balaban J connectivity index is 3.66. The van der Waals surface area contributed by atoms with Crippen LogP contribution in [0, 0.1) is 18.8 Å². The third-order valence-corrected chi connectivity index (χ3v) is 3.59. The van der Waals surface area contributed by atoms with Crippen molar-refractivity contribution in [2.45, 2.75) is 0 Å². The third kappa shape index (κ3) is 1.91. The molecule has 0 aliphatic heterocycles. The molecule has 0 unspecified atom stereocenters. The van der Waals surface area contributed by atoms with E-state index in [-0.39, 0.29) is 18.5 Å². The van der Waals surface area contributed by atoms with Crippen LogP contribution in [0.1, 0.15) is 0 Å². The van der Waals surface area contributed by atoms with Crippen molar-refractivity contribution in [3.05, 3.63) is 18.8 Å². The summed E-state index contributed by atoms with van der Waals surface area (Å²) in [6.07, 6.45) is 0. The van der Waals surface area contributed by atoms with Crippen LogP contribution in [0.25, 0.3) is 0 Å². The van der Waals surface area contributed by atoms with Crippen LogP contribution >= 0.6 is 45.2 Å². The van der Waals surface area contributed by atoms with Crippen molar-refractivity contribution in [3.8, 4) is 0 Å². The molecular weight excluding hydrogens is 424 g/mol. The molecule has 0 aliphatic carbocycles. The van der Waals surface area contributed by atoms with Crippen molar-refractivity contribution >= 4 is 69.0 Å². The minimum Gasteiger partial charge on any atom is -0.396 e. The van der Waals surface area contributed by atoms with Gasteiger partial charge in [0.05, 0.1) is 12.8 Å². The van der Waals surface area contributed by atoms with Gasteiger partial charge in [-0.3, -0.25) is 0 Å². The van der Waals surface area contributed by atoms with Gasteiger partial charge in [-0.2, -0.15) is 4.36 Å². The molecule has 0 saturated heterocycles. The molecule has 0 saturated carbocycles. The molecule has 0 aromatic heterocycles. The van der Waals surface area contributed by atoms with Gasteiger partial charge < -0.3 is 5.73 Å². The third-order valence-electron chi connectivity index (χ3n) is 1.37. The first kappa shape index (κ1) is 11.4. The van der Waals surface area contributed by atoms with E-state index in [4.69, 9.17) is 5.73 Å². The Morgan fingerprint density at radius 3 is 2.08 bits per heavy atom. The number of halogens is 4. The van der Waals surface area contributed by atoms with Gasteiger partial charge in [-0.05, 0) is 45.2 Å². The first-order chi connectivity index (χ1) is 6.00. The van der Waals surface area contributed by atoms with Crippen molar-refractivity contribution in [3.63, 3.8) is 0 Å². The Labute approximate surface area is 106 Å². The Hall–Kier alpha value is 0.360. The lowest BCUT2D eigenvalue weighted by Gasteiger charge is -2.06. The number of nitrogens with two attached hydrogens (primary N) is 1. The first-order valence-corrected chi connectivity index (χ1v) is 5.47. The zero-order chi connectivity index (χ0) is 10.2. The maximum Gasteiger partial charge on any atom is 0.175 e. The normalized spacial score (nSPS) is 10.2. The van der Waals surface area contributed by atoms with Crippen molar-refractivity contribution in [1.29, 1.82) is 0 Å². The molecule has 0 fully saturated rings. The number of benzene rings is 1. The SMILES string of the molecule is Nc1c(I)c(F)c(F)c(I)c1N=S. The van der Waals surface area contributed by atoms with E-state index in [1.165, 1.54) is 0 Å². The summed E-state index contributed by atoms with van der Waals surface area (Å²) in [5.74, 6) is -1.91. The minimum atomic E-state index is -0.956. The van der Waals surface area contributed by atoms with E-state index >= 15 is 0 Å². The predicted molar refractivity (Wildman–Crippen MR) is 65.7 cm³/mol. The van der Waals surface area contributed by atoms with Gasteiger partial charge in [0.2, 0.25) is 0 Å². The van der Waals surface area contributed by atoms with Gasteiger partial charge in [0.25, 0.3) is 0 Å². The van der Waals surface area contributed by atoms with E-state index in [0.717, 1.165) is 0 Å². The predicted octanol–water partition coefficient (Wildman–Crippen LogP) is 3.12. The lowest BCUT2D eigenvalue weighted by Crippen LogP contribution is -2.00. The van der Waals surface area contributed by atoms with E-state index in [9.17, 15) is 8.78 Å². The molecule has 0 atom stereocenters. The molecule has 2 N–H and O–H groups in total. The fourth-order valence-corrected chi connectivity index (χ4v) is 2.22. The van der Waals surface area contributed by atoms with Gasteiger partial charge >= 0.3 is 0 Å². The highest BCUT2D eigenvalue weighted by molar-refractivity contribution is 14.1. The number of nitrogens with zero attached hydrogens (tertiary/aromatic N) is 1. The molecule has 7 heteroatoms. The molecule has 2 nitrogen and oxygen atoms in total. The monoisotopic (exact) mass is 426 g/mol. The summed E-state index contributed by atoms with van der Waals surface area (Å²) in [4.78, 5) is 0. The number of rotatable bonds is 1. The highest BCUT2D eigenvalue weighted by Gasteiger charge is 2.19. The van der Waals surface area contributed by atoms with E-state index in [2.05, 4.69) is 16.8 Å². The summed E-state index contributed by atoms with van der Waals surface area (Å²) in [5.41, 5.74) is 5.69. The van der Waals surface area contributed by atoms with E-state index in [1.807, 2.05) is 0 Å². The lowest BCUT2D eigenvalue weighted by molar-refractivity contribution is 0.500. The molecule has 0 amide bonds. The van der Waals surface area contributed by atoms with Crippen LogP contribution in [0.3, 0.4) is 0 Å². The van der Waals surface area contributed by atoms with Gasteiger partial charge in [-0.25, -0.2) is 8.78 Å². The summed E-state index contributed by atoms with van der Waals surface area (Å²) in [6, 6.07) is 0. The highest BCUT2D eigenvalue weighted by Crippen LogP contribution is 2.36. The second-order valence-electron chi connectivity index (χ2n) is 2.11. The number of hydrogen-bond donors (Lipinski definition) is 1.